The molecule has 2 heterocycles. The van der Waals surface area contributed by atoms with E-state index in [4.69, 9.17) is 0 Å². The van der Waals surface area contributed by atoms with E-state index in [-0.39, 0.29) is 12.1 Å². The number of nitrogens with one attached hydrogen (secondary N) is 1. The van der Waals surface area contributed by atoms with Gasteiger partial charge >= 0.3 is 6.18 Å². The van der Waals surface area contributed by atoms with Crippen LogP contribution in [0, 0.1) is 0 Å². The second kappa shape index (κ2) is 4.72. The zero-order valence-corrected chi connectivity index (χ0v) is 10.2. The first kappa shape index (κ1) is 13.1. The number of anilines is 1. The van der Waals surface area contributed by atoms with Gasteiger partial charge in [0.15, 0.2) is 11.5 Å². The Bertz CT molecular complexity index is 394. The number of rotatable bonds is 1. The van der Waals surface area contributed by atoms with Crippen molar-refractivity contribution in [3.63, 3.8) is 0 Å². The number of alkyl halides is 3. The Morgan fingerprint density at radius 3 is 2.22 bits per heavy atom. The molecule has 2 atom stereocenters. The van der Waals surface area contributed by atoms with Crippen molar-refractivity contribution in [2.45, 2.75) is 32.1 Å². The van der Waals surface area contributed by atoms with Crippen LogP contribution >= 0.6 is 0 Å². The molecule has 0 aliphatic carbocycles. The summed E-state index contributed by atoms with van der Waals surface area (Å²) in [4.78, 5) is 1.94. The molecule has 1 aromatic heterocycles. The van der Waals surface area contributed by atoms with Gasteiger partial charge in [0.2, 0.25) is 0 Å². The molecular weight excluding hydrogens is 245 g/mol. The lowest BCUT2D eigenvalue weighted by atomic mass is 10.1. The van der Waals surface area contributed by atoms with Crippen LogP contribution in [0.15, 0.2) is 12.1 Å². The fourth-order valence-corrected chi connectivity index (χ4v) is 2.16. The first-order valence-corrected chi connectivity index (χ1v) is 5.78. The molecule has 0 bridgehead atoms. The number of hydrogen-bond acceptors (Lipinski definition) is 4. The Morgan fingerprint density at radius 2 is 1.78 bits per heavy atom. The van der Waals surface area contributed by atoms with Crippen molar-refractivity contribution in [1.82, 2.24) is 15.5 Å². The van der Waals surface area contributed by atoms with Crippen LogP contribution in [0.2, 0.25) is 0 Å². The van der Waals surface area contributed by atoms with E-state index < -0.39 is 11.9 Å². The minimum absolute atomic E-state index is 0.276. The summed E-state index contributed by atoms with van der Waals surface area (Å²) in [6.45, 7) is 5.48. The summed E-state index contributed by atoms with van der Waals surface area (Å²) in [6, 6.07) is 2.90. The van der Waals surface area contributed by atoms with E-state index in [9.17, 15) is 13.2 Å². The molecule has 1 aromatic rings. The fraction of sp³-hybridized carbons (Fsp3) is 0.636. The molecule has 2 unspecified atom stereocenters. The maximum Gasteiger partial charge on any atom is 0.435 e. The minimum atomic E-state index is -4.43. The Morgan fingerprint density at radius 1 is 1.17 bits per heavy atom. The van der Waals surface area contributed by atoms with Crippen molar-refractivity contribution in [3.05, 3.63) is 17.8 Å². The summed E-state index contributed by atoms with van der Waals surface area (Å²) in [7, 11) is 0. The second-order valence-corrected chi connectivity index (χ2v) is 4.65. The van der Waals surface area contributed by atoms with Crippen molar-refractivity contribution in [1.29, 1.82) is 0 Å². The third-order valence-electron chi connectivity index (χ3n) is 2.82. The van der Waals surface area contributed by atoms with Gasteiger partial charge in [-0.2, -0.15) is 13.2 Å². The predicted octanol–water partition coefficient (Wildman–Crippen LogP) is 1.68. The van der Waals surface area contributed by atoms with E-state index in [1.165, 1.54) is 6.07 Å². The molecule has 7 heteroatoms. The molecule has 1 aliphatic rings. The van der Waals surface area contributed by atoms with Crippen molar-refractivity contribution in [2.75, 3.05) is 18.0 Å². The van der Waals surface area contributed by atoms with Gasteiger partial charge in [-0.15, -0.1) is 10.2 Å². The summed E-state index contributed by atoms with van der Waals surface area (Å²) in [5.41, 5.74) is -0.956. The second-order valence-electron chi connectivity index (χ2n) is 4.65. The summed E-state index contributed by atoms with van der Waals surface area (Å²) < 4.78 is 37.1. The number of nitrogens with zero attached hydrogens (tertiary/aromatic N) is 3. The molecule has 100 valence electrons. The molecule has 1 N–H and O–H groups in total. The summed E-state index contributed by atoms with van der Waals surface area (Å²) in [5.74, 6) is 0.489. The summed E-state index contributed by atoms with van der Waals surface area (Å²) in [6.07, 6.45) is -4.43. The van der Waals surface area contributed by atoms with Crippen LogP contribution < -0.4 is 10.2 Å². The van der Waals surface area contributed by atoms with Gasteiger partial charge in [-0.1, -0.05) is 0 Å². The molecule has 4 nitrogen and oxygen atoms in total. The third kappa shape index (κ3) is 2.90. The van der Waals surface area contributed by atoms with Crippen molar-refractivity contribution in [2.24, 2.45) is 0 Å². The highest BCUT2D eigenvalue weighted by molar-refractivity contribution is 5.39. The van der Waals surface area contributed by atoms with Crippen molar-refractivity contribution < 1.29 is 13.2 Å². The first-order chi connectivity index (χ1) is 8.36. The SMILES string of the molecule is CC1CN(c2ccc(C(F)(F)F)nn2)CC(C)N1. The number of aromatic nitrogens is 2. The fourth-order valence-electron chi connectivity index (χ4n) is 2.16. The van der Waals surface area contributed by atoms with Gasteiger partial charge in [0.25, 0.3) is 0 Å². The minimum Gasteiger partial charge on any atom is -0.352 e. The maximum atomic E-state index is 12.4. The lowest BCUT2D eigenvalue weighted by molar-refractivity contribution is -0.141. The van der Waals surface area contributed by atoms with Crippen molar-refractivity contribution in [3.8, 4) is 0 Å². The molecule has 0 aromatic carbocycles. The molecular formula is C11H15F3N4. The van der Waals surface area contributed by atoms with E-state index in [0.717, 1.165) is 6.07 Å². The van der Waals surface area contributed by atoms with Crippen LogP contribution in [-0.2, 0) is 6.18 Å². The van der Waals surface area contributed by atoms with Crippen LogP contribution in [0.25, 0.3) is 0 Å². The number of hydrogen-bond donors (Lipinski definition) is 1. The van der Waals surface area contributed by atoms with Gasteiger partial charge < -0.3 is 10.2 Å². The van der Waals surface area contributed by atoms with Gasteiger partial charge in [-0.25, -0.2) is 0 Å². The highest BCUT2D eigenvalue weighted by Gasteiger charge is 2.33. The molecule has 1 fully saturated rings. The summed E-state index contributed by atoms with van der Waals surface area (Å²) >= 11 is 0. The van der Waals surface area contributed by atoms with Crippen LogP contribution in [0.5, 0.6) is 0 Å². The Kier molecular flexibility index (Phi) is 3.43. The summed E-state index contributed by atoms with van der Waals surface area (Å²) in [5, 5.41) is 10.2. The monoisotopic (exact) mass is 260 g/mol. The van der Waals surface area contributed by atoms with Crippen LogP contribution in [-0.4, -0.2) is 35.4 Å². The van der Waals surface area contributed by atoms with Crippen LogP contribution in [0.4, 0.5) is 19.0 Å². The molecule has 1 saturated heterocycles. The number of halogens is 3. The quantitative estimate of drug-likeness (QED) is 0.834. The third-order valence-corrected chi connectivity index (χ3v) is 2.82. The topological polar surface area (TPSA) is 41.1 Å². The molecule has 18 heavy (non-hydrogen) atoms. The maximum absolute atomic E-state index is 12.4. The zero-order valence-electron chi connectivity index (χ0n) is 10.2. The first-order valence-electron chi connectivity index (χ1n) is 5.78. The Hall–Kier alpha value is -1.37. The molecule has 2 rings (SSSR count). The van der Waals surface area contributed by atoms with E-state index in [1.54, 1.807) is 0 Å². The number of piperazine rings is 1. The molecule has 0 radical (unpaired) electrons. The highest BCUT2D eigenvalue weighted by Crippen LogP contribution is 2.27. The van der Waals surface area contributed by atoms with E-state index in [0.29, 0.717) is 18.9 Å². The van der Waals surface area contributed by atoms with Crippen LogP contribution in [0.3, 0.4) is 0 Å². The Balaban J connectivity index is 2.14. The van der Waals surface area contributed by atoms with Gasteiger partial charge in [0, 0.05) is 25.2 Å². The standard InChI is InChI=1S/C11H15F3N4/c1-7-5-18(6-8(2)15-7)10-4-3-9(16-17-10)11(12,13)14/h3-4,7-8,15H,5-6H2,1-2H3. The van der Waals surface area contributed by atoms with E-state index in [1.807, 2.05) is 18.7 Å². The van der Waals surface area contributed by atoms with Gasteiger partial charge in [-0.05, 0) is 26.0 Å². The van der Waals surface area contributed by atoms with Gasteiger partial charge in [-0.3, -0.25) is 0 Å². The largest absolute Gasteiger partial charge is 0.435 e. The zero-order chi connectivity index (χ0) is 13.3. The lowest BCUT2D eigenvalue weighted by Gasteiger charge is -2.36. The van der Waals surface area contributed by atoms with E-state index in [2.05, 4.69) is 15.5 Å². The molecule has 1 aliphatic heterocycles. The van der Waals surface area contributed by atoms with Gasteiger partial charge in [0.05, 0.1) is 0 Å². The van der Waals surface area contributed by atoms with Gasteiger partial charge in [0.1, 0.15) is 0 Å². The highest BCUT2D eigenvalue weighted by atomic mass is 19.4. The lowest BCUT2D eigenvalue weighted by Crippen LogP contribution is -2.54. The molecule has 0 saturated carbocycles. The smallest absolute Gasteiger partial charge is 0.352 e. The predicted molar refractivity (Wildman–Crippen MR) is 61.3 cm³/mol. The normalized spacial score (nSPS) is 25.3. The van der Waals surface area contributed by atoms with Crippen molar-refractivity contribution >= 4 is 5.82 Å². The molecule has 0 spiro atoms. The van der Waals surface area contributed by atoms with Crippen LogP contribution in [0.1, 0.15) is 19.5 Å². The molecule has 0 amide bonds. The average Bonchev–Trinajstić information content (AvgIpc) is 2.27. The van der Waals surface area contributed by atoms with E-state index >= 15 is 0 Å². The average molecular weight is 260 g/mol. The Labute approximate surface area is 103 Å².